The minimum atomic E-state index is -1.11. The molecule has 0 spiro atoms. The third kappa shape index (κ3) is 3.44. The first-order valence-corrected chi connectivity index (χ1v) is 5.80. The summed E-state index contributed by atoms with van der Waals surface area (Å²) in [5.41, 5.74) is 0. The van der Waals surface area contributed by atoms with Crippen LogP contribution in [-0.4, -0.2) is 14.9 Å². The average molecular weight is 229 g/mol. The lowest BCUT2D eigenvalue weighted by Crippen LogP contribution is -1.99. The number of hydrogen-bond acceptors (Lipinski definition) is 3. The number of rotatable bonds is 4. The molecule has 0 saturated heterocycles. The van der Waals surface area contributed by atoms with Crippen LogP contribution < -0.4 is 0 Å². The van der Waals surface area contributed by atoms with Gasteiger partial charge in [0, 0.05) is 18.4 Å². The molecular formula is C9H9ClN2OS. The Balaban J connectivity index is 2.53. The first kappa shape index (κ1) is 11.2. The van der Waals surface area contributed by atoms with Gasteiger partial charge in [0.2, 0.25) is 0 Å². The van der Waals surface area contributed by atoms with Crippen LogP contribution in [0.4, 0.5) is 0 Å². The average Bonchev–Trinajstić information content (AvgIpc) is 2.19. The normalized spacial score (nSPS) is 12.0. The van der Waals surface area contributed by atoms with Gasteiger partial charge >= 0.3 is 0 Å². The highest BCUT2D eigenvalue weighted by molar-refractivity contribution is 7.84. The van der Waals surface area contributed by atoms with Crippen molar-refractivity contribution in [3.63, 3.8) is 0 Å². The van der Waals surface area contributed by atoms with Crippen molar-refractivity contribution < 1.29 is 4.21 Å². The Morgan fingerprint density at radius 3 is 2.93 bits per heavy atom. The molecule has 3 nitrogen and oxygen atoms in total. The number of halogens is 1. The van der Waals surface area contributed by atoms with Crippen molar-refractivity contribution in [3.05, 3.63) is 23.4 Å². The van der Waals surface area contributed by atoms with Gasteiger partial charge in [-0.1, -0.05) is 11.6 Å². The smallest absolute Gasteiger partial charge is 0.127 e. The maximum absolute atomic E-state index is 11.5. The maximum atomic E-state index is 11.5. The molecule has 0 amide bonds. The predicted octanol–water partition coefficient (Wildman–Crippen LogP) is 2.15. The van der Waals surface area contributed by atoms with Crippen LogP contribution in [0, 0.1) is 11.3 Å². The molecule has 0 radical (unpaired) electrons. The van der Waals surface area contributed by atoms with Gasteiger partial charge in [0.1, 0.15) is 5.03 Å². The lowest BCUT2D eigenvalue weighted by Gasteiger charge is -1.98. The van der Waals surface area contributed by atoms with Gasteiger partial charge in [-0.05, 0) is 18.6 Å². The topological polar surface area (TPSA) is 53.8 Å². The lowest BCUT2D eigenvalue weighted by atomic mass is 10.4. The summed E-state index contributed by atoms with van der Waals surface area (Å²) in [6.45, 7) is 0. The highest BCUT2D eigenvalue weighted by Gasteiger charge is 2.04. The fraction of sp³-hybridized carbons (Fsp3) is 0.333. The number of pyridine rings is 1. The van der Waals surface area contributed by atoms with Crippen molar-refractivity contribution in [3.8, 4) is 6.07 Å². The van der Waals surface area contributed by atoms with Crippen LogP contribution in [0.3, 0.4) is 0 Å². The van der Waals surface area contributed by atoms with Crippen LogP contribution in [0.5, 0.6) is 0 Å². The standard InChI is InChI=1S/C9H9ClN2OS/c10-8-3-4-9(12-7-8)14(13)6-2-1-5-11/h3-4,7H,1-2,6H2/t14-/m1/s1. The zero-order valence-electron chi connectivity index (χ0n) is 7.44. The Hall–Kier alpha value is -0.920. The minimum Gasteiger partial charge on any atom is -0.253 e. The zero-order chi connectivity index (χ0) is 10.4. The summed E-state index contributed by atoms with van der Waals surface area (Å²) in [4.78, 5) is 3.94. The van der Waals surface area contributed by atoms with E-state index >= 15 is 0 Å². The summed E-state index contributed by atoms with van der Waals surface area (Å²) in [5.74, 6) is 0.474. The number of nitrogens with zero attached hydrogens (tertiary/aromatic N) is 2. The van der Waals surface area contributed by atoms with Crippen LogP contribution in [0.15, 0.2) is 23.4 Å². The molecule has 0 unspecified atom stereocenters. The van der Waals surface area contributed by atoms with Gasteiger partial charge in [-0.2, -0.15) is 5.26 Å². The number of aromatic nitrogens is 1. The van der Waals surface area contributed by atoms with Gasteiger partial charge in [-0.3, -0.25) is 4.21 Å². The second-order valence-electron chi connectivity index (χ2n) is 2.63. The molecule has 0 saturated carbocycles. The van der Waals surface area contributed by atoms with E-state index in [1.54, 1.807) is 12.1 Å². The fourth-order valence-electron chi connectivity index (χ4n) is 0.884. The molecule has 1 aromatic heterocycles. The van der Waals surface area contributed by atoms with Crippen molar-refractivity contribution in [1.29, 1.82) is 5.26 Å². The third-order valence-corrected chi connectivity index (χ3v) is 3.14. The van der Waals surface area contributed by atoms with E-state index in [0.717, 1.165) is 0 Å². The van der Waals surface area contributed by atoms with Gasteiger partial charge < -0.3 is 0 Å². The molecule has 0 N–H and O–H groups in total. The first-order valence-electron chi connectivity index (χ1n) is 4.11. The van der Waals surface area contributed by atoms with Gasteiger partial charge in [-0.25, -0.2) is 4.98 Å². The monoisotopic (exact) mass is 228 g/mol. The zero-order valence-corrected chi connectivity index (χ0v) is 9.01. The molecule has 0 aromatic carbocycles. The van der Waals surface area contributed by atoms with Crippen LogP contribution in [0.2, 0.25) is 5.02 Å². The minimum absolute atomic E-state index is 0.430. The largest absolute Gasteiger partial charge is 0.253 e. The van der Waals surface area contributed by atoms with E-state index < -0.39 is 10.8 Å². The molecule has 74 valence electrons. The summed E-state index contributed by atoms with van der Waals surface area (Å²) < 4.78 is 11.5. The van der Waals surface area contributed by atoms with Crippen LogP contribution in [-0.2, 0) is 10.8 Å². The molecule has 1 atom stereocenters. The summed E-state index contributed by atoms with van der Waals surface area (Å²) in [6.07, 6.45) is 2.53. The molecule has 1 heterocycles. The van der Waals surface area contributed by atoms with Crippen molar-refractivity contribution >= 4 is 22.4 Å². The Morgan fingerprint density at radius 1 is 1.57 bits per heavy atom. The SMILES string of the molecule is N#CCCC[S@@](=O)c1ccc(Cl)cn1. The molecule has 0 aliphatic carbocycles. The summed E-state index contributed by atoms with van der Waals surface area (Å²) in [5, 5.41) is 9.36. The molecule has 1 rings (SSSR count). The van der Waals surface area contributed by atoms with Gasteiger partial charge in [0.25, 0.3) is 0 Å². The van der Waals surface area contributed by atoms with Gasteiger partial charge in [0.05, 0.1) is 21.9 Å². The van der Waals surface area contributed by atoms with Crippen molar-refractivity contribution in [1.82, 2.24) is 4.98 Å². The summed E-state index contributed by atoms with van der Waals surface area (Å²) >= 11 is 5.64. The van der Waals surface area contributed by atoms with E-state index in [1.807, 2.05) is 6.07 Å². The molecule has 0 fully saturated rings. The molecule has 5 heteroatoms. The third-order valence-electron chi connectivity index (χ3n) is 1.55. The van der Waals surface area contributed by atoms with Crippen LogP contribution in [0.1, 0.15) is 12.8 Å². The van der Waals surface area contributed by atoms with E-state index in [1.165, 1.54) is 6.20 Å². The number of hydrogen-bond donors (Lipinski definition) is 0. The van der Waals surface area contributed by atoms with E-state index in [4.69, 9.17) is 16.9 Å². The molecule has 0 aliphatic rings. The van der Waals surface area contributed by atoms with Crippen molar-refractivity contribution in [2.24, 2.45) is 0 Å². The number of unbranched alkanes of at least 4 members (excludes halogenated alkanes) is 1. The molecule has 1 aromatic rings. The van der Waals surface area contributed by atoms with Gasteiger partial charge in [0.15, 0.2) is 0 Å². The van der Waals surface area contributed by atoms with Crippen LogP contribution in [0.25, 0.3) is 0 Å². The predicted molar refractivity (Wildman–Crippen MR) is 55.4 cm³/mol. The highest BCUT2D eigenvalue weighted by Crippen LogP contribution is 2.10. The molecule has 0 bridgehead atoms. The van der Waals surface area contributed by atoms with E-state index in [0.29, 0.717) is 28.6 Å². The van der Waals surface area contributed by atoms with E-state index in [-0.39, 0.29) is 0 Å². The quantitative estimate of drug-likeness (QED) is 0.742. The summed E-state index contributed by atoms with van der Waals surface area (Å²) in [7, 11) is -1.11. The Bertz CT molecular complexity index is 358. The van der Waals surface area contributed by atoms with E-state index in [9.17, 15) is 4.21 Å². The Labute approximate surface area is 90.2 Å². The maximum Gasteiger partial charge on any atom is 0.127 e. The van der Waals surface area contributed by atoms with Crippen molar-refractivity contribution in [2.45, 2.75) is 17.9 Å². The second-order valence-corrected chi connectivity index (χ2v) is 4.58. The lowest BCUT2D eigenvalue weighted by molar-refractivity contribution is 0.678. The Morgan fingerprint density at radius 2 is 2.36 bits per heavy atom. The summed E-state index contributed by atoms with van der Waals surface area (Å²) in [6, 6.07) is 5.31. The van der Waals surface area contributed by atoms with Gasteiger partial charge in [-0.15, -0.1) is 0 Å². The second kappa shape index (κ2) is 5.74. The Kier molecular flexibility index (Phi) is 4.57. The molecule has 14 heavy (non-hydrogen) atoms. The van der Waals surface area contributed by atoms with Crippen molar-refractivity contribution in [2.75, 3.05) is 5.75 Å². The fourth-order valence-corrected chi connectivity index (χ4v) is 2.00. The molecular weight excluding hydrogens is 220 g/mol. The highest BCUT2D eigenvalue weighted by atomic mass is 35.5. The molecule has 0 aliphatic heterocycles. The number of nitriles is 1. The van der Waals surface area contributed by atoms with E-state index in [2.05, 4.69) is 4.98 Å². The first-order chi connectivity index (χ1) is 6.74. The van der Waals surface area contributed by atoms with Crippen LogP contribution >= 0.6 is 11.6 Å².